The molecule has 0 aliphatic rings. The quantitative estimate of drug-likeness (QED) is 0.547. The first-order valence-electron chi connectivity index (χ1n) is 6.45. The molecule has 0 radical (unpaired) electrons. The van der Waals surface area contributed by atoms with Crippen molar-refractivity contribution in [1.29, 1.82) is 0 Å². The van der Waals surface area contributed by atoms with Crippen LogP contribution in [0.25, 0.3) is 16.9 Å². The lowest BCUT2D eigenvalue weighted by molar-refractivity contribution is 0.904. The number of aromatic nitrogens is 3. The summed E-state index contributed by atoms with van der Waals surface area (Å²) in [6.45, 7) is 2.06. The Morgan fingerprint density at radius 2 is 2.05 bits per heavy atom. The number of benzene rings is 1. The predicted octanol–water partition coefficient (Wildman–Crippen LogP) is 5.04. The van der Waals surface area contributed by atoms with Gasteiger partial charge in [0.2, 0.25) is 0 Å². The number of alkyl halides is 1. The minimum Gasteiger partial charge on any atom is -0.281 e. The summed E-state index contributed by atoms with van der Waals surface area (Å²) in [6.07, 6.45) is 2.48. The molecule has 0 fully saturated rings. The van der Waals surface area contributed by atoms with Crippen molar-refractivity contribution in [3.05, 3.63) is 50.8 Å². The van der Waals surface area contributed by atoms with Crippen LogP contribution in [0.4, 0.5) is 0 Å². The molecule has 2 heterocycles. The monoisotopic (exact) mass is 427 g/mol. The van der Waals surface area contributed by atoms with E-state index in [4.69, 9.17) is 11.6 Å². The second kappa shape index (κ2) is 6.07. The van der Waals surface area contributed by atoms with Crippen molar-refractivity contribution in [1.82, 2.24) is 14.5 Å². The van der Waals surface area contributed by atoms with Gasteiger partial charge in [0.25, 0.3) is 0 Å². The Hall–Kier alpha value is -0.910. The average Bonchev–Trinajstić information content (AvgIpc) is 2.79. The smallest absolute Gasteiger partial charge is 0.164 e. The van der Waals surface area contributed by atoms with Gasteiger partial charge in [0.05, 0.1) is 0 Å². The Labute approximate surface area is 144 Å². The molecule has 3 aromatic rings. The summed E-state index contributed by atoms with van der Waals surface area (Å²) in [6, 6.07) is 8.20. The van der Waals surface area contributed by atoms with Crippen molar-refractivity contribution in [3.8, 4) is 5.69 Å². The van der Waals surface area contributed by atoms with Gasteiger partial charge in [-0.25, -0.2) is 9.97 Å². The maximum atomic E-state index is 5.92. The zero-order chi connectivity index (χ0) is 15.0. The molecule has 0 amide bonds. The fraction of sp³-hybridized carbons (Fsp3) is 0.200. The molecule has 0 saturated heterocycles. The van der Waals surface area contributed by atoms with Crippen molar-refractivity contribution in [2.24, 2.45) is 0 Å². The van der Waals surface area contributed by atoms with Gasteiger partial charge in [-0.2, -0.15) is 0 Å². The topological polar surface area (TPSA) is 30.7 Å². The van der Waals surface area contributed by atoms with Crippen molar-refractivity contribution < 1.29 is 0 Å². The summed E-state index contributed by atoms with van der Waals surface area (Å²) in [5.74, 6) is 1.44. The van der Waals surface area contributed by atoms with Gasteiger partial charge >= 0.3 is 0 Å². The Bertz CT molecular complexity index is 814. The highest BCUT2D eigenvalue weighted by Crippen LogP contribution is 2.26. The van der Waals surface area contributed by atoms with Gasteiger partial charge in [-0.05, 0) is 46.6 Å². The number of aryl methyl sites for hydroxylation is 2. The standard InChI is InChI=1S/C15H12Br2ClN3/c1-9-2-3-11(7-12(9)17)21-14(4-5-18)20-13-6-10(16)8-19-15(13)21/h2-3,6-8H,4-5H2,1H3. The molecular weight excluding hydrogens is 417 g/mol. The van der Waals surface area contributed by atoms with E-state index in [9.17, 15) is 0 Å². The molecule has 1 aromatic carbocycles. The summed E-state index contributed by atoms with van der Waals surface area (Å²) >= 11 is 12.9. The van der Waals surface area contributed by atoms with E-state index >= 15 is 0 Å². The van der Waals surface area contributed by atoms with E-state index < -0.39 is 0 Å². The maximum absolute atomic E-state index is 5.92. The van der Waals surface area contributed by atoms with Crippen LogP contribution >= 0.6 is 43.5 Å². The average molecular weight is 430 g/mol. The Balaban J connectivity index is 2.27. The molecule has 0 aliphatic heterocycles. The number of pyridine rings is 1. The highest BCUT2D eigenvalue weighted by atomic mass is 79.9. The fourth-order valence-corrected chi connectivity index (χ4v) is 3.09. The minimum atomic E-state index is 0.525. The van der Waals surface area contributed by atoms with E-state index in [1.165, 1.54) is 5.56 Å². The summed E-state index contributed by atoms with van der Waals surface area (Å²) < 4.78 is 4.05. The second-order valence-corrected chi connectivity index (χ2v) is 6.88. The van der Waals surface area contributed by atoms with Crippen LogP contribution in [-0.4, -0.2) is 20.4 Å². The van der Waals surface area contributed by atoms with Crippen molar-refractivity contribution in [2.75, 3.05) is 5.88 Å². The molecule has 0 spiro atoms. The molecule has 0 bridgehead atoms. The molecule has 2 aromatic heterocycles. The van der Waals surface area contributed by atoms with Gasteiger partial charge in [-0.1, -0.05) is 22.0 Å². The van der Waals surface area contributed by atoms with Gasteiger partial charge in [-0.3, -0.25) is 4.57 Å². The van der Waals surface area contributed by atoms with E-state index in [0.717, 1.165) is 31.6 Å². The van der Waals surface area contributed by atoms with Gasteiger partial charge < -0.3 is 0 Å². The number of halogens is 3. The Morgan fingerprint density at radius 1 is 1.24 bits per heavy atom. The molecule has 3 rings (SSSR count). The summed E-state index contributed by atoms with van der Waals surface area (Å²) in [5, 5.41) is 0. The Kier molecular flexibility index (Phi) is 4.33. The largest absolute Gasteiger partial charge is 0.281 e. The van der Waals surface area contributed by atoms with E-state index in [2.05, 4.69) is 71.5 Å². The lowest BCUT2D eigenvalue weighted by atomic mass is 10.2. The normalized spacial score (nSPS) is 11.2. The van der Waals surface area contributed by atoms with Crippen LogP contribution in [0.2, 0.25) is 0 Å². The van der Waals surface area contributed by atoms with Crippen LogP contribution < -0.4 is 0 Å². The van der Waals surface area contributed by atoms with Crippen molar-refractivity contribution in [2.45, 2.75) is 13.3 Å². The molecule has 108 valence electrons. The first-order chi connectivity index (χ1) is 10.1. The van der Waals surface area contributed by atoms with E-state index in [-0.39, 0.29) is 0 Å². The lowest BCUT2D eigenvalue weighted by Gasteiger charge is -2.09. The zero-order valence-corrected chi connectivity index (χ0v) is 15.2. The molecule has 6 heteroatoms. The lowest BCUT2D eigenvalue weighted by Crippen LogP contribution is -2.03. The fourth-order valence-electron chi connectivity index (χ4n) is 2.23. The summed E-state index contributed by atoms with van der Waals surface area (Å²) in [4.78, 5) is 9.17. The third-order valence-electron chi connectivity index (χ3n) is 3.27. The maximum Gasteiger partial charge on any atom is 0.164 e. The van der Waals surface area contributed by atoms with Gasteiger partial charge in [-0.15, -0.1) is 11.6 Å². The molecule has 21 heavy (non-hydrogen) atoms. The van der Waals surface area contributed by atoms with Crippen LogP contribution in [0.1, 0.15) is 11.4 Å². The minimum absolute atomic E-state index is 0.525. The first-order valence-corrected chi connectivity index (χ1v) is 8.57. The van der Waals surface area contributed by atoms with Crippen LogP contribution in [0.15, 0.2) is 39.4 Å². The SMILES string of the molecule is Cc1ccc(-n2c(CCCl)nc3cc(Br)cnc32)cc1Br. The number of imidazole rings is 1. The summed E-state index contributed by atoms with van der Waals surface area (Å²) in [7, 11) is 0. The third-order valence-corrected chi connectivity index (χ3v) is 4.74. The van der Waals surface area contributed by atoms with E-state index in [1.807, 2.05) is 6.07 Å². The molecule has 3 nitrogen and oxygen atoms in total. The summed E-state index contributed by atoms with van der Waals surface area (Å²) in [5.41, 5.74) is 3.93. The number of hydrogen-bond donors (Lipinski definition) is 0. The first kappa shape index (κ1) is 15.0. The number of fused-ring (bicyclic) bond motifs is 1. The van der Waals surface area contributed by atoms with Crippen LogP contribution in [0, 0.1) is 6.92 Å². The predicted molar refractivity (Wildman–Crippen MR) is 93.4 cm³/mol. The second-order valence-electron chi connectivity index (χ2n) is 4.73. The molecule has 0 saturated carbocycles. The van der Waals surface area contributed by atoms with E-state index in [1.54, 1.807) is 6.20 Å². The Morgan fingerprint density at radius 3 is 2.76 bits per heavy atom. The molecule has 0 aliphatic carbocycles. The highest BCUT2D eigenvalue weighted by Gasteiger charge is 2.14. The third kappa shape index (κ3) is 2.87. The van der Waals surface area contributed by atoms with Crippen LogP contribution in [0.3, 0.4) is 0 Å². The highest BCUT2D eigenvalue weighted by molar-refractivity contribution is 9.10. The van der Waals surface area contributed by atoms with Crippen molar-refractivity contribution in [3.63, 3.8) is 0 Å². The molecular formula is C15H12Br2ClN3. The van der Waals surface area contributed by atoms with Crippen molar-refractivity contribution >= 4 is 54.6 Å². The van der Waals surface area contributed by atoms with Gasteiger partial charge in [0, 0.05) is 33.1 Å². The van der Waals surface area contributed by atoms with Crippen LogP contribution in [-0.2, 0) is 6.42 Å². The zero-order valence-electron chi connectivity index (χ0n) is 11.3. The van der Waals surface area contributed by atoms with E-state index in [0.29, 0.717) is 12.3 Å². The number of nitrogens with zero attached hydrogens (tertiary/aromatic N) is 3. The van der Waals surface area contributed by atoms with Gasteiger partial charge in [0.1, 0.15) is 11.3 Å². The number of hydrogen-bond acceptors (Lipinski definition) is 2. The van der Waals surface area contributed by atoms with Crippen LogP contribution in [0.5, 0.6) is 0 Å². The van der Waals surface area contributed by atoms with Gasteiger partial charge in [0.15, 0.2) is 5.65 Å². The molecule has 0 atom stereocenters. The molecule has 0 N–H and O–H groups in total. The number of rotatable bonds is 3. The molecule has 0 unspecified atom stereocenters.